The van der Waals surface area contributed by atoms with Crippen LogP contribution in [0.1, 0.15) is 37.7 Å². The molecule has 1 aromatic rings. The highest BCUT2D eigenvalue weighted by Gasteiger charge is 2.43. The van der Waals surface area contributed by atoms with Crippen LogP contribution in [-0.2, 0) is 4.79 Å². The van der Waals surface area contributed by atoms with Crippen molar-refractivity contribution in [3.05, 3.63) is 30.1 Å². The van der Waals surface area contributed by atoms with Gasteiger partial charge in [0, 0.05) is 12.4 Å². The Hall–Kier alpha value is -1.38. The molecule has 16 heavy (non-hydrogen) atoms. The number of carbonyl (C=O) groups is 1. The van der Waals surface area contributed by atoms with Crippen LogP contribution in [0.5, 0.6) is 0 Å². The van der Waals surface area contributed by atoms with E-state index >= 15 is 0 Å². The first kappa shape index (κ1) is 11.1. The SMILES string of the molecule is CCC(CC1CC1C(=O)O)c1ccncc1. The van der Waals surface area contributed by atoms with Crippen molar-refractivity contribution >= 4 is 5.97 Å². The van der Waals surface area contributed by atoms with Crippen LogP contribution >= 0.6 is 0 Å². The average Bonchev–Trinajstić information content (AvgIpc) is 3.06. The first-order valence-corrected chi connectivity index (χ1v) is 5.85. The molecule has 0 bridgehead atoms. The van der Waals surface area contributed by atoms with Gasteiger partial charge < -0.3 is 5.11 Å². The molecule has 0 aliphatic heterocycles. The van der Waals surface area contributed by atoms with Gasteiger partial charge in [-0.05, 0) is 48.8 Å². The molecule has 3 heteroatoms. The second kappa shape index (κ2) is 4.64. The molecular formula is C13H17NO2. The van der Waals surface area contributed by atoms with Gasteiger partial charge in [-0.15, -0.1) is 0 Å². The number of carboxylic acid groups (broad SMARTS) is 1. The lowest BCUT2D eigenvalue weighted by atomic mass is 9.91. The van der Waals surface area contributed by atoms with Crippen LogP contribution in [0.15, 0.2) is 24.5 Å². The number of nitrogens with zero attached hydrogens (tertiary/aromatic N) is 1. The highest BCUT2D eigenvalue weighted by molar-refractivity contribution is 5.73. The lowest BCUT2D eigenvalue weighted by molar-refractivity contribution is -0.138. The van der Waals surface area contributed by atoms with Crippen LogP contribution in [0.4, 0.5) is 0 Å². The molecular weight excluding hydrogens is 202 g/mol. The molecule has 2 rings (SSSR count). The van der Waals surface area contributed by atoms with Crippen molar-refractivity contribution in [3.63, 3.8) is 0 Å². The molecule has 0 saturated heterocycles. The fraction of sp³-hybridized carbons (Fsp3) is 0.538. The number of hydrogen-bond donors (Lipinski definition) is 1. The molecule has 3 nitrogen and oxygen atoms in total. The van der Waals surface area contributed by atoms with Gasteiger partial charge in [-0.3, -0.25) is 9.78 Å². The minimum Gasteiger partial charge on any atom is -0.481 e. The molecule has 0 spiro atoms. The maximum Gasteiger partial charge on any atom is 0.306 e. The van der Waals surface area contributed by atoms with E-state index in [1.54, 1.807) is 12.4 Å². The summed E-state index contributed by atoms with van der Waals surface area (Å²) in [5, 5.41) is 8.87. The van der Waals surface area contributed by atoms with Crippen LogP contribution in [0.2, 0.25) is 0 Å². The molecule has 86 valence electrons. The summed E-state index contributed by atoms with van der Waals surface area (Å²) in [4.78, 5) is 14.8. The van der Waals surface area contributed by atoms with E-state index in [-0.39, 0.29) is 5.92 Å². The molecule has 1 aliphatic rings. The van der Waals surface area contributed by atoms with E-state index < -0.39 is 5.97 Å². The summed E-state index contributed by atoms with van der Waals surface area (Å²) >= 11 is 0. The number of aromatic nitrogens is 1. The van der Waals surface area contributed by atoms with E-state index in [2.05, 4.69) is 11.9 Å². The second-order valence-corrected chi connectivity index (χ2v) is 4.56. The molecule has 0 aromatic carbocycles. The van der Waals surface area contributed by atoms with Crippen molar-refractivity contribution in [1.29, 1.82) is 0 Å². The monoisotopic (exact) mass is 219 g/mol. The third-order valence-electron chi connectivity index (χ3n) is 3.50. The Morgan fingerprint density at radius 1 is 1.56 bits per heavy atom. The van der Waals surface area contributed by atoms with Gasteiger partial charge in [0.15, 0.2) is 0 Å². The first-order valence-electron chi connectivity index (χ1n) is 5.85. The second-order valence-electron chi connectivity index (χ2n) is 4.56. The number of pyridine rings is 1. The number of rotatable bonds is 5. The van der Waals surface area contributed by atoms with E-state index in [1.165, 1.54) is 5.56 Å². The van der Waals surface area contributed by atoms with E-state index in [0.29, 0.717) is 11.8 Å². The van der Waals surface area contributed by atoms with Gasteiger partial charge in [-0.25, -0.2) is 0 Å². The normalized spacial score (nSPS) is 25.1. The first-order chi connectivity index (χ1) is 7.72. The zero-order chi connectivity index (χ0) is 11.5. The highest BCUT2D eigenvalue weighted by Crippen LogP contribution is 2.45. The Balaban J connectivity index is 1.95. The largest absolute Gasteiger partial charge is 0.481 e. The zero-order valence-corrected chi connectivity index (χ0v) is 9.47. The number of hydrogen-bond acceptors (Lipinski definition) is 2. The highest BCUT2D eigenvalue weighted by atomic mass is 16.4. The molecule has 1 saturated carbocycles. The molecule has 1 aliphatic carbocycles. The summed E-state index contributed by atoms with van der Waals surface area (Å²) < 4.78 is 0. The number of aliphatic carboxylic acids is 1. The summed E-state index contributed by atoms with van der Waals surface area (Å²) in [6, 6.07) is 4.07. The van der Waals surface area contributed by atoms with Crippen molar-refractivity contribution in [3.8, 4) is 0 Å². The quantitative estimate of drug-likeness (QED) is 0.828. The molecule has 3 unspecified atom stereocenters. The topological polar surface area (TPSA) is 50.2 Å². The summed E-state index contributed by atoms with van der Waals surface area (Å²) in [5.41, 5.74) is 1.29. The van der Waals surface area contributed by atoms with Crippen LogP contribution in [0.3, 0.4) is 0 Å². The van der Waals surface area contributed by atoms with Gasteiger partial charge in [0.25, 0.3) is 0 Å². The van der Waals surface area contributed by atoms with Gasteiger partial charge in [-0.2, -0.15) is 0 Å². The van der Waals surface area contributed by atoms with E-state index in [9.17, 15) is 4.79 Å². The minimum atomic E-state index is -0.630. The predicted octanol–water partition coefficient (Wildman–Crippen LogP) is 2.69. The Morgan fingerprint density at radius 2 is 2.25 bits per heavy atom. The maximum atomic E-state index is 10.8. The molecule has 0 radical (unpaired) electrons. The van der Waals surface area contributed by atoms with E-state index in [1.807, 2.05) is 12.1 Å². The Bertz CT molecular complexity index is 363. The average molecular weight is 219 g/mol. The van der Waals surface area contributed by atoms with Crippen molar-refractivity contribution in [2.75, 3.05) is 0 Å². The Morgan fingerprint density at radius 3 is 2.75 bits per heavy atom. The lowest BCUT2D eigenvalue weighted by Gasteiger charge is -2.14. The third-order valence-corrected chi connectivity index (χ3v) is 3.50. The predicted molar refractivity (Wildman–Crippen MR) is 61.1 cm³/mol. The van der Waals surface area contributed by atoms with Gasteiger partial charge in [0.05, 0.1) is 5.92 Å². The Labute approximate surface area is 95.5 Å². The van der Waals surface area contributed by atoms with Gasteiger partial charge in [0.1, 0.15) is 0 Å². The molecule has 0 amide bonds. The van der Waals surface area contributed by atoms with E-state index in [4.69, 9.17) is 5.11 Å². The van der Waals surface area contributed by atoms with Crippen LogP contribution < -0.4 is 0 Å². The molecule has 1 heterocycles. The summed E-state index contributed by atoms with van der Waals surface area (Å²) in [5.74, 6) is 0.151. The fourth-order valence-corrected chi connectivity index (χ4v) is 2.35. The standard InChI is InChI=1S/C13H17NO2/c1-2-9(10-3-5-14-6-4-10)7-11-8-12(11)13(15)16/h3-6,9,11-12H,2,7-8H2,1H3,(H,15,16). The van der Waals surface area contributed by atoms with Crippen LogP contribution in [-0.4, -0.2) is 16.1 Å². The molecule has 1 fully saturated rings. The van der Waals surface area contributed by atoms with E-state index in [0.717, 1.165) is 19.3 Å². The van der Waals surface area contributed by atoms with Crippen LogP contribution in [0, 0.1) is 11.8 Å². The van der Waals surface area contributed by atoms with Crippen molar-refractivity contribution in [1.82, 2.24) is 4.98 Å². The third kappa shape index (κ3) is 2.40. The summed E-state index contributed by atoms with van der Waals surface area (Å²) in [6.45, 7) is 2.16. The molecule has 3 atom stereocenters. The van der Waals surface area contributed by atoms with Gasteiger partial charge in [0.2, 0.25) is 0 Å². The smallest absolute Gasteiger partial charge is 0.306 e. The Kier molecular flexibility index (Phi) is 3.22. The molecule has 1 N–H and O–H groups in total. The lowest BCUT2D eigenvalue weighted by Crippen LogP contribution is -2.04. The van der Waals surface area contributed by atoms with Crippen molar-refractivity contribution in [2.45, 2.75) is 32.1 Å². The van der Waals surface area contributed by atoms with Gasteiger partial charge in [-0.1, -0.05) is 6.92 Å². The molecule has 1 aromatic heterocycles. The summed E-state index contributed by atoms with van der Waals surface area (Å²) in [6.07, 6.45) is 6.53. The zero-order valence-electron chi connectivity index (χ0n) is 9.47. The summed E-state index contributed by atoms with van der Waals surface area (Å²) in [7, 11) is 0. The van der Waals surface area contributed by atoms with Crippen molar-refractivity contribution < 1.29 is 9.90 Å². The minimum absolute atomic E-state index is 0.0871. The van der Waals surface area contributed by atoms with Crippen LogP contribution in [0.25, 0.3) is 0 Å². The van der Waals surface area contributed by atoms with Crippen molar-refractivity contribution in [2.24, 2.45) is 11.8 Å². The maximum absolute atomic E-state index is 10.8. The van der Waals surface area contributed by atoms with Gasteiger partial charge >= 0.3 is 5.97 Å². The fourth-order valence-electron chi connectivity index (χ4n) is 2.35. The number of carboxylic acids is 1.